The summed E-state index contributed by atoms with van der Waals surface area (Å²) in [6.07, 6.45) is 4.60. The smallest absolute Gasteiger partial charge is 0.190 e. The summed E-state index contributed by atoms with van der Waals surface area (Å²) in [5.41, 5.74) is 13.6. The molecule has 2 aromatic rings. The number of benzene rings is 1. The van der Waals surface area contributed by atoms with Gasteiger partial charge >= 0.3 is 0 Å². The second kappa shape index (κ2) is 5.26. The lowest BCUT2D eigenvalue weighted by Gasteiger charge is -2.07. The van der Waals surface area contributed by atoms with E-state index in [4.69, 9.17) is 23.1 Å². The number of rotatable bonds is 4. The Morgan fingerprint density at radius 2 is 2.19 bits per heavy atom. The second-order valence-corrected chi connectivity index (χ2v) is 5.61. The zero-order valence-corrected chi connectivity index (χ0v) is 12.2. The van der Waals surface area contributed by atoms with E-state index in [-0.39, 0.29) is 11.9 Å². The highest BCUT2D eigenvalue weighted by atomic mass is 35.5. The molecule has 21 heavy (non-hydrogen) atoms. The van der Waals surface area contributed by atoms with E-state index in [0.29, 0.717) is 10.9 Å². The fourth-order valence-electron chi connectivity index (χ4n) is 2.54. The van der Waals surface area contributed by atoms with Gasteiger partial charge in [0.15, 0.2) is 5.96 Å². The minimum absolute atomic E-state index is 0.0500. The molecule has 1 aromatic heterocycles. The predicted molar refractivity (Wildman–Crippen MR) is 84.4 cm³/mol. The number of guanidine groups is 1. The van der Waals surface area contributed by atoms with Crippen LogP contribution in [0.2, 0.25) is 5.02 Å². The maximum atomic E-state index is 6.22. The first kappa shape index (κ1) is 13.7. The Bertz CT molecular complexity index is 701. The van der Waals surface area contributed by atoms with Crippen molar-refractivity contribution in [3.8, 4) is 5.69 Å². The topological polar surface area (TPSA) is 82.2 Å². The number of aromatic nitrogens is 2. The van der Waals surface area contributed by atoms with Crippen molar-refractivity contribution in [2.24, 2.45) is 22.4 Å². The molecule has 0 radical (unpaired) electrons. The summed E-state index contributed by atoms with van der Waals surface area (Å²) in [6.45, 7) is 3.93. The van der Waals surface area contributed by atoms with Crippen LogP contribution in [0.3, 0.4) is 0 Å². The molecular formula is C15H16ClN5. The van der Waals surface area contributed by atoms with Crippen LogP contribution in [0.5, 0.6) is 0 Å². The van der Waals surface area contributed by atoms with Crippen LogP contribution in [0.25, 0.3) is 5.69 Å². The number of hydrogen-bond acceptors (Lipinski definition) is 2. The average molecular weight is 302 g/mol. The van der Waals surface area contributed by atoms with Crippen LogP contribution in [0.1, 0.15) is 17.9 Å². The summed E-state index contributed by atoms with van der Waals surface area (Å²) >= 11 is 6.22. The van der Waals surface area contributed by atoms with E-state index in [1.165, 1.54) is 0 Å². The lowest BCUT2D eigenvalue weighted by Crippen LogP contribution is -2.22. The molecule has 4 N–H and O–H groups in total. The molecule has 6 heteroatoms. The number of hydrogen-bond donors (Lipinski definition) is 2. The molecule has 5 nitrogen and oxygen atoms in total. The largest absolute Gasteiger partial charge is 0.370 e. The number of nitrogens with zero attached hydrogens (tertiary/aromatic N) is 3. The molecule has 1 heterocycles. The first-order valence-corrected chi connectivity index (χ1v) is 7.01. The monoisotopic (exact) mass is 301 g/mol. The number of aliphatic imine (C=N–C) groups is 1. The van der Waals surface area contributed by atoms with E-state index in [2.05, 4.69) is 22.7 Å². The van der Waals surface area contributed by atoms with Crippen LogP contribution in [0.4, 0.5) is 0 Å². The minimum Gasteiger partial charge on any atom is -0.370 e. The molecule has 1 fully saturated rings. The highest BCUT2D eigenvalue weighted by Crippen LogP contribution is 2.52. The summed E-state index contributed by atoms with van der Waals surface area (Å²) in [5, 5.41) is 4.92. The zero-order valence-electron chi connectivity index (χ0n) is 11.4. The van der Waals surface area contributed by atoms with Gasteiger partial charge in [-0.15, -0.1) is 0 Å². The lowest BCUT2D eigenvalue weighted by molar-refractivity contribution is 0.871. The van der Waals surface area contributed by atoms with Gasteiger partial charge in [0, 0.05) is 29.0 Å². The second-order valence-electron chi connectivity index (χ2n) is 5.17. The van der Waals surface area contributed by atoms with Crippen molar-refractivity contribution in [3.05, 3.63) is 59.5 Å². The quantitative estimate of drug-likeness (QED) is 0.672. The van der Waals surface area contributed by atoms with Gasteiger partial charge < -0.3 is 11.5 Å². The van der Waals surface area contributed by atoms with Crippen molar-refractivity contribution in [1.29, 1.82) is 0 Å². The summed E-state index contributed by atoms with van der Waals surface area (Å²) in [4.78, 5) is 4.04. The van der Waals surface area contributed by atoms with Crippen LogP contribution in [0.15, 0.2) is 53.9 Å². The van der Waals surface area contributed by atoms with Gasteiger partial charge in [-0.05, 0) is 42.2 Å². The molecule has 1 aliphatic carbocycles. The van der Waals surface area contributed by atoms with Crippen LogP contribution in [-0.4, -0.2) is 15.7 Å². The van der Waals surface area contributed by atoms with Crippen molar-refractivity contribution in [1.82, 2.24) is 9.78 Å². The third-order valence-corrected chi connectivity index (χ3v) is 3.81. The summed E-state index contributed by atoms with van der Waals surface area (Å²) in [5.74, 6) is 0.679. The Kier molecular flexibility index (Phi) is 3.43. The molecule has 0 spiro atoms. The van der Waals surface area contributed by atoms with Crippen LogP contribution >= 0.6 is 11.6 Å². The molecule has 0 amide bonds. The van der Waals surface area contributed by atoms with Gasteiger partial charge in [0.1, 0.15) is 0 Å². The summed E-state index contributed by atoms with van der Waals surface area (Å²) in [6, 6.07) is 7.83. The minimum atomic E-state index is 0.0500. The normalized spacial score (nSPS) is 20.0. The van der Waals surface area contributed by atoms with E-state index in [9.17, 15) is 0 Å². The van der Waals surface area contributed by atoms with Gasteiger partial charge in [0.25, 0.3) is 0 Å². The van der Waals surface area contributed by atoms with E-state index in [1.807, 2.05) is 24.4 Å². The average Bonchev–Trinajstić information content (AvgIpc) is 3.03. The van der Waals surface area contributed by atoms with E-state index in [1.54, 1.807) is 10.9 Å². The highest BCUT2D eigenvalue weighted by Gasteiger charge is 2.40. The van der Waals surface area contributed by atoms with Gasteiger partial charge in [-0.1, -0.05) is 18.2 Å². The summed E-state index contributed by atoms with van der Waals surface area (Å²) < 4.78 is 1.79. The molecule has 2 atom stereocenters. The van der Waals surface area contributed by atoms with Gasteiger partial charge in [0.05, 0.1) is 5.69 Å². The van der Waals surface area contributed by atoms with Gasteiger partial charge in [0.2, 0.25) is 0 Å². The first-order valence-electron chi connectivity index (χ1n) is 6.63. The van der Waals surface area contributed by atoms with Crippen molar-refractivity contribution in [2.75, 3.05) is 0 Å². The Balaban J connectivity index is 1.85. The standard InChI is InChI=1S/C15H16ClN5/c1-9(20-15(17)18)13-8-14(13)10-5-11(16)7-12(6-10)21-4-2-3-19-21/h2-7,13-14H,1,8H2,(H4,17,18,20). The maximum Gasteiger partial charge on any atom is 0.190 e. The highest BCUT2D eigenvalue weighted by molar-refractivity contribution is 6.30. The molecule has 0 aliphatic heterocycles. The zero-order chi connectivity index (χ0) is 15.0. The number of allylic oxidation sites excluding steroid dienone is 1. The molecule has 0 saturated heterocycles. The Morgan fingerprint density at radius 3 is 2.86 bits per heavy atom. The molecule has 1 aliphatic rings. The first-order chi connectivity index (χ1) is 10.0. The molecule has 108 valence electrons. The third kappa shape index (κ3) is 2.92. The van der Waals surface area contributed by atoms with E-state index >= 15 is 0 Å². The van der Waals surface area contributed by atoms with Crippen LogP contribution in [-0.2, 0) is 0 Å². The fraction of sp³-hybridized carbons (Fsp3) is 0.200. The van der Waals surface area contributed by atoms with Gasteiger partial charge in [-0.25, -0.2) is 9.67 Å². The Morgan fingerprint density at radius 1 is 1.38 bits per heavy atom. The summed E-state index contributed by atoms with van der Waals surface area (Å²) in [7, 11) is 0. The van der Waals surface area contributed by atoms with Crippen molar-refractivity contribution in [2.45, 2.75) is 12.3 Å². The number of halogens is 1. The molecular weight excluding hydrogens is 286 g/mol. The van der Waals surface area contributed by atoms with Crippen LogP contribution in [0, 0.1) is 5.92 Å². The van der Waals surface area contributed by atoms with E-state index < -0.39 is 0 Å². The maximum absolute atomic E-state index is 6.22. The van der Waals surface area contributed by atoms with Crippen LogP contribution < -0.4 is 11.5 Å². The van der Waals surface area contributed by atoms with E-state index in [0.717, 1.165) is 23.4 Å². The molecule has 2 unspecified atom stereocenters. The van der Waals surface area contributed by atoms with Gasteiger partial charge in [-0.2, -0.15) is 5.10 Å². The van der Waals surface area contributed by atoms with Crippen molar-refractivity contribution in [3.63, 3.8) is 0 Å². The molecule has 1 aromatic carbocycles. The molecule has 1 saturated carbocycles. The fourth-order valence-corrected chi connectivity index (χ4v) is 2.78. The molecule has 3 rings (SSSR count). The van der Waals surface area contributed by atoms with Crippen molar-refractivity contribution < 1.29 is 0 Å². The number of nitrogens with two attached hydrogens (primary N) is 2. The molecule has 0 bridgehead atoms. The SMILES string of the molecule is C=C(N=C(N)N)C1CC1c1cc(Cl)cc(-n2cccn2)c1. The Hall–Kier alpha value is -2.27. The van der Waals surface area contributed by atoms with Gasteiger partial charge in [-0.3, -0.25) is 0 Å². The van der Waals surface area contributed by atoms with Crippen molar-refractivity contribution >= 4 is 17.6 Å². The third-order valence-electron chi connectivity index (χ3n) is 3.59. The Labute approximate surface area is 127 Å². The predicted octanol–water partition coefficient (Wildman–Crippen LogP) is 2.42. The lowest BCUT2D eigenvalue weighted by atomic mass is 10.1.